The van der Waals surface area contributed by atoms with Crippen LogP contribution in [0.4, 0.5) is 0 Å². The predicted octanol–water partition coefficient (Wildman–Crippen LogP) is 0.988. The van der Waals surface area contributed by atoms with E-state index in [-0.39, 0.29) is 0 Å². The highest BCUT2D eigenvalue weighted by Gasteiger charge is 2.00. The third kappa shape index (κ3) is 1.78. The molecule has 0 aliphatic carbocycles. The van der Waals surface area contributed by atoms with Gasteiger partial charge in [0.2, 0.25) is 0 Å². The normalized spacial score (nSPS) is 9.27. The molecule has 0 heterocycles. The Bertz CT molecular complexity index is 253. The molecule has 0 aliphatic rings. The first-order chi connectivity index (χ1) is 5.24. The number of carbonyl (C=O) groups is 1. The SMILES string of the molecule is [CH2]c1ccc(C(=O)NO)cc1. The van der Waals surface area contributed by atoms with Gasteiger partial charge < -0.3 is 0 Å². The number of hydroxylamine groups is 1. The van der Waals surface area contributed by atoms with Crippen molar-refractivity contribution in [3.8, 4) is 0 Å². The summed E-state index contributed by atoms with van der Waals surface area (Å²) in [6.07, 6.45) is 0. The van der Waals surface area contributed by atoms with Gasteiger partial charge in [0.05, 0.1) is 0 Å². The van der Waals surface area contributed by atoms with Crippen molar-refractivity contribution in [1.29, 1.82) is 0 Å². The summed E-state index contributed by atoms with van der Waals surface area (Å²) in [4.78, 5) is 10.7. The van der Waals surface area contributed by atoms with E-state index in [1.165, 1.54) is 0 Å². The van der Waals surface area contributed by atoms with Crippen LogP contribution in [0.3, 0.4) is 0 Å². The molecular weight excluding hydrogens is 142 g/mol. The molecule has 1 radical (unpaired) electrons. The Morgan fingerprint density at radius 3 is 2.36 bits per heavy atom. The van der Waals surface area contributed by atoms with Crippen molar-refractivity contribution in [1.82, 2.24) is 5.48 Å². The van der Waals surface area contributed by atoms with Crippen molar-refractivity contribution < 1.29 is 10.0 Å². The Kier molecular flexibility index (Phi) is 2.23. The fourth-order valence-corrected chi connectivity index (χ4v) is 0.721. The largest absolute Gasteiger partial charge is 0.288 e. The van der Waals surface area contributed by atoms with Crippen molar-refractivity contribution in [3.63, 3.8) is 0 Å². The smallest absolute Gasteiger partial charge is 0.274 e. The number of nitrogens with one attached hydrogen (secondary N) is 1. The van der Waals surface area contributed by atoms with Crippen molar-refractivity contribution in [3.05, 3.63) is 42.3 Å². The molecule has 1 aromatic carbocycles. The predicted molar refractivity (Wildman–Crippen MR) is 40.2 cm³/mol. The molecule has 0 aromatic heterocycles. The summed E-state index contributed by atoms with van der Waals surface area (Å²) >= 11 is 0. The number of rotatable bonds is 1. The van der Waals surface area contributed by atoms with E-state index in [9.17, 15) is 4.79 Å². The zero-order valence-corrected chi connectivity index (χ0v) is 5.87. The monoisotopic (exact) mass is 150 g/mol. The van der Waals surface area contributed by atoms with Gasteiger partial charge in [-0.3, -0.25) is 10.0 Å². The number of carbonyl (C=O) groups excluding carboxylic acids is 1. The molecule has 57 valence electrons. The minimum Gasteiger partial charge on any atom is -0.288 e. The van der Waals surface area contributed by atoms with E-state index in [0.717, 1.165) is 5.56 Å². The van der Waals surface area contributed by atoms with E-state index in [0.29, 0.717) is 5.56 Å². The quantitative estimate of drug-likeness (QED) is 0.463. The second-order valence-electron chi connectivity index (χ2n) is 2.14. The van der Waals surface area contributed by atoms with Crippen LogP contribution in [0.1, 0.15) is 15.9 Å². The molecule has 0 bridgehead atoms. The van der Waals surface area contributed by atoms with Gasteiger partial charge in [-0.15, -0.1) is 0 Å². The van der Waals surface area contributed by atoms with Crippen molar-refractivity contribution >= 4 is 5.91 Å². The van der Waals surface area contributed by atoms with Crippen LogP contribution in [0.2, 0.25) is 0 Å². The first-order valence-corrected chi connectivity index (χ1v) is 3.10. The van der Waals surface area contributed by atoms with E-state index < -0.39 is 5.91 Å². The van der Waals surface area contributed by atoms with Gasteiger partial charge in [0, 0.05) is 5.56 Å². The summed E-state index contributed by atoms with van der Waals surface area (Å²) in [5.41, 5.74) is 2.79. The molecule has 1 amide bonds. The topological polar surface area (TPSA) is 49.3 Å². The molecule has 11 heavy (non-hydrogen) atoms. The van der Waals surface area contributed by atoms with Crippen LogP contribution >= 0.6 is 0 Å². The minimum absolute atomic E-state index is 0.417. The van der Waals surface area contributed by atoms with Crippen LogP contribution in [0.25, 0.3) is 0 Å². The Hall–Kier alpha value is -1.35. The maximum Gasteiger partial charge on any atom is 0.274 e. The highest BCUT2D eigenvalue weighted by atomic mass is 16.5. The zero-order valence-electron chi connectivity index (χ0n) is 5.87. The van der Waals surface area contributed by atoms with Crippen LogP contribution in [-0.2, 0) is 0 Å². The van der Waals surface area contributed by atoms with Crippen LogP contribution in [0.5, 0.6) is 0 Å². The number of hydrogen-bond acceptors (Lipinski definition) is 2. The number of hydrogen-bond donors (Lipinski definition) is 2. The van der Waals surface area contributed by atoms with Gasteiger partial charge >= 0.3 is 0 Å². The summed E-state index contributed by atoms with van der Waals surface area (Å²) in [5, 5.41) is 8.24. The van der Waals surface area contributed by atoms with Gasteiger partial charge in [-0.1, -0.05) is 12.1 Å². The lowest BCUT2D eigenvalue weighted by Gasteiger charge is -1.97. The average Bonchev–Trinajstić information content (AvgIpc) is 2.05. The number of benzene rings is 1. The summed E-state index contributed by atoms with van der Waals surface area (Å²) in [6, 6.07) is 6.58. The molecule has 0 unspecified atom stereocenters. The molecule has 1 rings (SSSR count). The van der Waals surface area contributed by atoms with E-state index in [2.05, 4.69) is 6.92 Å². The van der Waals surface area contributed by atoms with E-state index in [1.54, 1.807) is 29.7 Å². The van der Waals surface area contributed by atoms with E-state index >= 15 is 0 Å². The molecule has 1 aromatic rings. The Labute approximate surface area is 64.6 Å². The summed E-state index contributed by atoms with van der Waals surface area (Å²) < 4.78 is 0. The molecular formula is C8H8NO2. The minimum atomic E-state index is -0.509. The average molecular weight is 150 g/mol. The summed E-state index contributed by atoms with van der Waals surface area (Å²) in [6.45, 7) is 3.65. The first-order valence-electron chi connectivity index (χ1n) is 3.10. The Morgan fingerprint density at radius 2 is 1.91 bits per heavy atom. The first kappa shape index (κ1) is 7.75. The van der Waals surface area contributed by atoms with Gasteiger partial charge in [-0.2, -0.15) is 0 Å². The van der Waals surface area contributed by atoms with Gasteiger partial charge in [0.1, 0.15) is 0 Å². The van der Waals surface area contributed by atoms with E-state index in [4.69, 9.17) is 5.21 Å². The maximum atomic E-state index is 10.7. The van der Waals surface area contributed by atoms with Crippen molar-refractivity contribution in [2.75, 3.05) is 0 Å². The van der Waals surface area contributed by atoms with Crippen molar-refractivity contribution in [2.24, 2.45) is 0 Å². The Morgan fingerprint density at radius 1 is 1.36 bits per heavy atom. The highest BCUT2D eigenvalue weighted by molar-refractivity contribution is 5.93. The second-order valence-corrected chi connectivity index (χ2v) is 2.14. The van der Waals surface area contributed by atoms with Crippen LogP contribution in [-0.4, -0.2) is 11.1 Å². The van der Waals surface area contributed by atoms with Crippen LogP contribution < -0.4 is 5.48 Å². The molecule has 0 spiro atoms. The molecule has 0 atom stereocenters. The van der Waals surface area contributed by atoms with E-state index in [1.807, 2.05) is 0 Å². The number of amides is 1. The molecule has 0 fully saturated rings. The zero-order chi connectivity index (χ0) is 8.27. The maximum absolute atomic E-state index is 10.7. The molecule has 0 saturated heterocycles. The lowest BCUT2D eigenvalue weighted by molar-refractivity contribution is 0.0706. The molecule has 0 aliphatic heterocycles. The molecule has 0 saturated carbocycles. The van der Waals surface area contributed by atoms with Gasteiger partial charge in [-0.05, 0) is 24.6 Å². The lowest BCUT2D eigenvalue weighted by atomic mass is 10.1. The second kappa shape index (κ2) is 3.16. The van der Waals surface area contributed by atoms with Crippen LogP contribution in [0, 0.1) is 6.92 Å². The highest BCUT2D eigenvalue weighted by Crippen LogP contribution is 2.01. The molecule has 2 N–H and O–H groups in total. The Balaban J connectivity index is 2.90. The van der Waals surface area contributed by atoms with Crippen molar-refractivity contribution in [2.45, 2.75) is 0 Å². The standard InChI is InChI=1S/C8H8NO2/c1-6-2-4-7(5-3-6)8(10)9-11/h2-5,11H,1H2,(H,9,10). The van der Waals surface area contributed by atoms with Gasteiger partial charge in [-0.25, -0.2) is 5.48 Å². The third-order valence-electron chi connectivity index (χ3n) is 1.32. The van der Waals surface area contributed by atoms with Gasteiger partial charge in [0.15, 0.2) is 0 Å². The lowest BCUT2D eigenvalue weighted by Crippen LogP contribution is -2.18. The summed E-state index contributed by atoms with van der Waals surface area (Å²) in [7, 11) is 0. The molecule has 3 nitrogen and oxygen atoms in total. The molecule has 3 heteroatoms. The van der Waals surface area contributed by atoms with Gasteiger partial charge in [0.25, 0.3) is 5.91 Å². The fourth-order valence-electron chi connectivity index (χ4n) is 0.721. The fraction of sp³-hybridized carbons (Fsp3) is 0. The third-order valence-corrected chi connectivity index (χ3v) is 1.32. The summed E-state index contributed by atoms with van der Waals surface area (Å²) in [5.74, 6) is -0.509. The van der Waals surface area contributed by atoms with Crippen LogP contribution in [0.15, 0.2) is 24.3 Å².